The second-order valence-corrected chi connectivity index (χ2v) is 7.23. The summed E-state index contributed by atoms with van der Waals surface area (Å²) in [5.74, 6) is 2.48. The standard InChI is InChI=1S/C16H22N4OS/c1-3-13-15(17-5-1)20(7-6-19-8-10-21-11-9-19)16(18-13)14-4-2-12-22-14/h1,3,5,14H,2,4,6-12H2. The molecule has 2 aromatic heterocycles. The first-order valence-electron chi connectivity index (χ1n) is 8.15. The maximum Gasteiger partial charge on any atom is 0.160 e. The molecule has 0 amide bonds. The maximum atomic E-state index is 5.44. The summed E-state index contributed by atoms with van der Waals surface area (Å²) in [6, 6.07) is 4.06. The lowest BCUT2D eigenvalue weighted by molar-refractivity contribution is 0.0364. The van der Waals surface area contributed by atoms with Gasteiger partial charge < -0.3 is 9.30 Å². The predicted octanol–water partition coefficient (Wildman–Crippen LogP) is 2.33. The Balaban J connectivity index is 1.60. The van der Waals surface area contributed by atoms with Gasteiger partial charge in [0.1, 0.15) is 11.3 Å². The Morgan fingerprint density at radius 3 is 3.00 bits per heavy atom. The molecule has 5 nitrogen and oxygen atoms in total. The molecule has 4 heterocycles. The van der Waals surface area contributed by atoms with Gasteiger partial charge in [0.2, 0.25) is 0 Å². The van der Waals surface area contributed by atoms with Crippen molar-refractivity contribution in [2.75, 3.05) is 38.6 Å². The van der Waals surface area contributed by atoms with Crippen molar-refractivity contribution in [2.45, 2.75) is 24.6 Å². The molecule has 0 N–H and O–H groups in total. The maximum absolute atomic E-state index is 5.44. The minimum Gasteiger partial charge on any atom is -0.379 e. The number of imidazole rings is 1. The van der Waals surface area contributed by atoms with E-state index in [2.05, 4.69) is 20.5 Å². The number of morpholine rings is 1. The summed E-state index contributed by atoms with van der Waals surface area (Å²) in [6.07, 6.45) is 4.42. The van der Waals surface area contributed by atoms with Gasteiger partial charge in [-0.3, -0.25) is 4.90 Å². The number of nitrogens with zero attached hydrogens (tertiary/aromatic N) is 4. The summed E-state index contributed by atoms with van der Waals surface area (Å²) in [6.45, 7) is 5.80. The third kappa shape index (κ3) is 2.87. The molecule has 2 aromatic rings. The minimum absolute atomic E-state index is 0.541. The zero-order valence-corrected chi connectivity index (χ0v) is 13.6. The summed E-state index contributed by atoms with van der Waals surface area (Å²) >= 11 is 2.04. The lowest BCUT2D eigenvalue weighted by Gasteiger charge is -2.27. The molecule has 6 heteroatoms. The zero-order chi connectivity index (χ0) is 14.8. The molecule has 2 aliphatic heterocycles. The van der Waals surface area contributed by atoms with Gasteiger partial charge in [-0.1, -0.05) is 0 Å². The van der Waals surface area contributed by atoms with Crippen LogP contribution in [0.4, 0.5) is 0 Å². The number of hydrogen-bond acceptors (Lipinski definition) is 5. The average Bonchev–Trinajstić information content (AvgIpc) is 3.21. The van der Waals surface area contributed by atoms with Gasteiger partial charge >= 0.3 is 0 Å². The van der Waals surface area contributed by atoms with E-state index in [4.69, 9.17) is 9.72 Å². The van der Waals surface area contributed by atoms with Gasteiger partial charge in [-0.2, -0.15) is 11.8 Å². The van der Waals surface area contributed by atoms with Crippen molar-refractivity contribution in [3.8, 4) is 0 Å². The van der Waals surface area contributed by atoms with Gasteiger partial charge in [0.15, 0.2) is 5.65 Å². The van der Waals surface area contributed by atoms with Crippen LogP contribution < -0.4 is 0 Å². The van der Waals surface area contributed by atoms with Crippen molar-refractivity contribution in [2.24, 2.45) is 0 Å². The van der Waals surface area contributed by atoms with Crippen LogP contribution in [-0.4, -0.2) is 58.0 Å². The fourth-order valence-electron chi connectivity index (χ4n) is 3.29. The molecule has 118 valence electrons. The molecule has 1 unspecified atom stereocenters. The number of rotatable bonds is 4. The van der Waals surface area contributed by atoms with Crippen LogP contribution in [0.3, 0.4) is 0 Å². The van der Waals surface area contributed by atoms with E-state index in [1.807, 2.05) is 24.0 Å². The van der Waals surface area contributed by atoms with E-state index in [1.165, 1.54) is 24.4 Å². The highest BCUT2D eigenvalue weighted by Gasteiger charge is 2.25. The summed E-state index contributed by atoms with van der Waals surface area (Å²) in [5.41, 5.74) is 2.07. The Labute approximate surface area is 135 Å². The Morgan fingerprint density at radius 2 is 2.18 bits per heavy atom. The van der Waals surface area contributed by atoms with Crippen LogP contribution in [0.2, 0.25) is 0 Å². The number of fused-ring (bicyclic) bond motifs is 1. The van der Waals surface area contributed by atoms with Crippen LogP contribution >= 0.6 is 11.8 Å². The van der Waals surface area contributed by atoms with E-state index in [1.54, 1.807) is 0 Å². The molecule has 4 rings (SSSR count). The van der Waals surface area contributed by atoms with Gasteiger partial charge in [0, 0.05) is 32.4 Å². The van der Waals surface area contributed by atoms with Gasteiger partial charge in [0.25, 0.3) is 0 Å². The number of pyridine rings is 1. The minimum atomic E-state index is 0.541. The lowest BCUT2D eigenvalue weighted by atomic mass is 10.2. The second-order valence-electron chi connectivity index (χ2n) is 5.92. The highest BCUT2D eigenvalue weighted by atomic mass is 32.2. The van der Waals surface area contributed by atoms with E-state index >= 15 is 0 Å². The van der Waals surface area contributed by atoms with Gasteiger partial charge in [-0.05, 0) is 30.7 Å². The van der Waals surface area contributed by atoms with Gasteiger partial charge in [-0.15, -0.1) is 0 Å². The van der Waals surface area contributed by atoms with Crippen molar-refractivity contribution in [1.29, 1.82) is 0 Å². The fraction of sp³-hybridized carbons (Fsp3) is 0.625. The van der Waals surface area contributed by atoms with E-state index in [0.717, 1.165) is 50.6 Å². The van der Waals surface area contributed by atoms with Crippen molar-refractivity contribution < 1.29 is 4.74 Å². The van der Waals surface area contributed by atoms with E-state index < -0.39 is 0 Å². The molecule has 0 aromatic carbocycles. The second kappa shape index (κ2) is 6.56. The fourth-order valence-corrected chi connectivity index (χ4v) is 4.57. The van der Waals surface area contributed by atoms with Crippen molar-refractivity contribution in [3.63, 3.8) is 0 Å². The molecule has 22 heavy (non-hydrogen) atoms. The number of hydrogen-bond donors (Lipinski definition) is 0. The van der Waals surface area contributed by atoms with Crippen molar-refractivity contribution in [1.82, 2.24) is 19.4 Å². The molecule has 0 spiro atoms. The van der Waals surface area contributed by atoms with E-state index in [9.17, 15) is 0 Å². The van der Waals surface area contributed by atoms with E-state index in [0.29, 0.717) is 5.25 Å². The summed E-state index contributed by atoms with van der Waals surface area (Å²) in [4.78, 5) is 12.0. The first-order valence-corrected chi connectivity index (χ1v) is 9.19. The third-order valence-electron chi connectivity index (χ3n) is 4.49. The monoisotopic (exact) mass is 318 g/mol. The van der Waals surface area contributed by atoms with Crippen LogP contribution in [0.1, 0.15) is 23.9 Å². The summed E-state index contributed by atoms with van der Waals surface area (Å²) in [5, 5.41) is 0.541. The van der Waals surface area contributed by atoms with E-state index in [-0.39, 0.29) is 0 Å². The molecule has 1 atom stereocenters. The normalized spacial score (nSPS) is 23.4. The van der Waals surface area contributed by atoms with Crippen LogP contribution in [0, 0.1) is 0 Å². The average molecular weight is 318 g/mol. The first-order chi connectivity index (χ1) is 10.9. The SMILES string of the molecule is c1cnc2c(c1)nc(C1CCCS1)n2CCN1CCOCC1. The predicted molar refractivity (Wildman–Crippen MR) is 89.2 cm³/mol. The highest BCUT2D eigenvalue weighted by Crippen LogP contribution is 2.40. The Hall–Kier alpha value is -1.11. The number of aromatic nitrogens is 3. The topological polar surface area (TPSA) is 43.2 Å². The first kappa shape index (κ1) is 14.5. The van der Waals surface area contributed by atoms with Crippen LogP contribution in [0.5, 0.6) is 0 Å². The molecule has 0 bridgehead atoms. The van der Waals surface area contributed by atoms with Crippen LogP contribution in [0.15, 0.2) is 18.3 Å². The van der Waals surface area contributed by atoms with Crippen molar-refractivity contribution in [3.05, 3.63) is 24.2 Å². The zero-order valence-electron chi connectivity index (χ0n) is 12.8. The van der Waals surface area contributed by atoms with Gasteiger partial charge in [0.05, 0.1) is 18.5 Å². The number of ether oxygens (including phenoxy) is 1. The highest BCUT2D eigenvalue weighted by molar-refractivity contribution is 7.99. The molecule has 0 aliphatic carbocycles. The number of thioether (sulfide) groups is 1. The quantitative estimate of drug-likeness (QED) is 0.865. The molecule has 2 saturated heterocycles. The molecular weight excluding hydrogens is 296 g/mol. The smallest absolute Gasteiger partial charge is 0.160 e. The Kier molecular flexibility index (Phi) is 4.32. The Bertz CT molecular complexity index is 632. The molecule has 2 fully saturated rings. The molecule has 2 aliphatic rings. The molecule has 0 saturated carbocycles. The molecule has 0 radical (unpaired) electrons. The summed E-state index contributed by atoms with van der Waals surface area (Å²) < 4.78 is 7.79. The largest absolute Gasteiger partial charge is 0.379 e. The summed E-state index contributed by atoms with van der Waals surface area (Å²) in [7, 11) is 0. The third-order valence-corrected chi connectivity index (χ3v) is 5.87. The molecular formula is C16H22N4OS. The van der Waals surface area contributed by atoms with Crippen LogP contribution in [-0.2, 0) is 11.3 Å². The van der Waals surface area contributed by atoms with Crippen LogP contribution in [0.25, 0.3) is 11.2 Å². The van der Waals surface area contributed by atoms with Crippen molar-refractivity contribution >= 4 is 22.9 Å². The van der Waals surface area contributed by atoms with Gasteiger partial charge in [-0.25, -0.2) is 9.97 Å². The lowest BCUT2D eigenvalue weighted by Crippen LogP contribution is -2.38. The Morgan fingerprint density at radius 1 is 1.27 bits per heavy atom.